The van der Waals surface area contributed by atoms with Crippen LogP contribution in [0.3, 0.4) is 0 Å². The summed E-state index contributed by atoms with van der Waals surface area (Å²) in [6.45, 7) is 5.97. The van der Waals surface area contributed by atoms with Gasteiger partial charge in [0.05, 0.1) is 11.5 Å². The minimum Gasteiger partial charge on any atom is -0.308 e. The number of carbonyl (C=O) groups is 1. The lowest BCUT2D eigenvalue weighted by Crippen LogP contribution is -2.42. The van der Waals surface area contributed by atoms with Gasteiger partial charge in [0.1, 0.15) is 0 Å². The Labute approximate surface area is 125 Å². The lowest BCUT2D eigenvalue weighted by atomic mass is 10.1. The molecular formula is C15H23N3O3. The summed E-state index contributed by atoms with van der Waals surface area (Å²) in [5.41, 5.74) is 0.338. The van der Waals surface area contributed by atoms with Crippen LogP contribution in [-0.4, -0.2) is 60.3 Å². The van der Waals surface area contributed by atoms with Crippen molar-refractivity contribution in [3.63, 3.8) is 0 Å². The molecule has 0 saturated carbocycles. The number of benzene rings is 1. The topological polar surface area (TPSA) is 66.7 Å². The first-order valence-electron chi connectivity index (χ1n) is 7.01. The summed E-state index contributed by atoms with van der Waals surface area (Å²) in [5.74, 6) is -0.0915. The highest BCUT2D eigenvalue weighted by molar-refractivity contribution is 5.98. The number of rotatable bonds is 8. The Morgan fingerprint density at radius 3 is 2.57 bits per heavy atom. The molecule has 1 aromatic carbocycles. The zero-order chi connectivity index (χ0) is 16.0. The quantitative estimate of drug-likeness (QED) is 0.417. The van der Waals surface area contributed by atoms with Crippen LogP contribution in [-0.2, 0) is 0 Å². The maximum absolute atomic E-state index is 12.3. The fraction of sp³-hybridized carbons (Fsp3) is 0.533. The van der Waals surface area contributed by atoms with Gasteiger partial charge in [-0.05, 0) is 27.6 Å². The molecule has 1 aromatic rings. The van der Waals surface area contributed by atoms with Gasteiger partial charge >= 0.3 is 0 Å². The summed E-state index contributed by atoms with van der Waals surface area (Å²) >= 11 is 0. The van der Waals surface area contributed by atoms with Gasteiger partial charge in [0.25, 0.3) is 5.69 Å². The van der Waals surface area contributed by atoms with E-state index in [1.807, 2.05) is 21.0 Å². The first kappa shape index (κ1) is 17.3. The molecule has 0 radical (unpaired) electrons. The highest BCUT2D eigenvalue weighted by atomic mass is 16.6. The lowest BCUT2D eigenvalue weighted by molar-refractivity contribution is -0.384. The Kier molecular flexibility index (Phi) is 6.45. The van der Waals surface area contributed by atoms with Crippen LogP contribution in [0.25, 0.3) is 0 Å². The molecule has 0 amide bonds. The molecule has 0 aliphatic carbocycles. The van der Waals surface area contributed by atoms with Crippen LogP contribution in [0.15, 0.2) is 24.3 Å². The van der Waals surface area contributed by atoms with Crippen molar-refractivity contribution >= 4 is 11.5 Å². The molecule has 21 heavy (non-hydrogen) atoms. The van der Waals surface area contributed by atoms with Crippen molar-refractivity contribution in [2.75, 3.05) is 33.7 Å². The van der Waals surface area contributed by atoms with Gasteiger partial charge in [0, 0.05) is 30.3 Å². The minimum atomic E-state index is -0.483. The standard InChI is InChI=1S/C15H23N3O3/c1-5-17(12(2)10-16(3)4)11-15(19)13-7-6-8-14(9-13)18(20)21/h6-9,12H,5,10-11H2,1-4H3. The van der Waals surface area contributed by atoms with Crippen LogP contribution >= 0.6 is 0 Å². The highest BCUT2D eigenvalue weighted by Gasteiger charge is 2.18. The summed E-state index contributed by atoms with van der Waals surface area (Å²) in [6, 6.07) is 6.15. The molecule has 1 atom stereocenters. The van der Waals surface area contributed by atoms with Gasteiger partial charge in [-0.25, -0.2) is 0 Å². The van der Waals surface area contributed by atoms with Crippen LogP contribution in [0, 0.1) is 10.1 Å². The number of hydrogen-bond acceptors (Lipinski definition) is 5. The number of ketones is 1. The van der Waals surface area contributed by atoms with E-state index < -0.39 is 4.92 Å². The van der Waals surface area contributed by atoms with E-state index >= 15 is 0 Å². The van der Waals surface area contributed by atoms with E-state index in [-0.39, 0.29) is 24.1 Å². The van der Waals surface area contributed by atoms with Gasteiger partial charge in [-0.1, -0.05) is 19.1 Å². The van der Waals surface area contributed by atoms with Crippen molar-refractivity contribution in [3.05, 3.63) is 39.9 Å². The van der Waals surface area contributed by atoms with Crippen LogP contribution in [0.4, 0.5) is 5.69 Å². The molecule has 0 saturated heterocycles. The summed E-state index contributed by atoms with van der Waals surface area (Å²) in [5, 5.41) is 10.8. The second-order valence-corrected chi connectivity index (χ2v) is 5.40. The predicted molar refractivity (Wildman–Crippen MR) is 82.7 cm³/mol. The van der Waals surface area contributed by atoms with Gasteiger partial charge in [-0.2, -0.15) is 0 Å². The smallest absolute Gasteiger partial charge is 0.270 e. The molecule has 0 spiro atoms. The monoisotopic (exact) mass is 293 g/mol. The second-order valence-electron chi connectivity index (χ2n) is 5.40. The molecule has 1 rings (SSSR count). The number of nitrogens with zero attached hydrogens (tertiary/aromatic N) is 3. The van der Waals surface area contributed by atoms with Gasteiger partial charge in [0.15, 0.2) is 5.78 Å². The first-order valence-corrected chi connectivity index (χ1v) is 7.01. The molecule has 0 aromatic heterocycles. The average Bonchev–Trinajstić information content (AvgIpc) is 2.43. The molecule has 0 bridgehead atoms. The van der Waals surface area contributed by atoms with Crippen molar-refractivity contribution in [1.29, 1.82) is 0 Å². The molecule has 6 nitrogen and oxygen atoms in total. The third-order valence-electron chi connectivity index (χ3n) is 3.38. The average molecular weight is 293 g/mol. The minimum absolute atomic E-state index is 0.0507. The van der Waals surface area contributed by atoms with Crippen molar-refractivity contribution in [3.8, 4) is 0 Å². The number of nitro groups is 1. The van der Waals surface area contributed by atoms with Crippen molar-refractivity contribution in [2.24, 2.45) is 0 Å². The fourth-order valence-corrected chi connectivity index (χ4v) is 2.29. The Hall–Kier alpha value is -1.79. The van der Waals surface area contributed by atoms with E-state index in [1.54, 1.807) is 12.1 Å². The largest absolute Gasteiger partial charge is 0.308 e. The van der Waals surface area contributed by atoms with Crippen molar-refractivity contribution in [2.45, 2.75) is 19.9 Å². The van der Waals surface area contributed by atoms with Crippen LogP contribution in [0.1, 0.15) is 24.2 Å². The van der Waals surface area contributed by atoms with E-state index in [9.17, 15) is 14.9 Å². The molecular weight excluding hydrogens is 270 g/mol. The van der Waals surface area contributed by atoms with Crippen molar-refractivity contribution in [1.82, 2.24) is 9.80 Å². The summed E-state index contributed by atoms with van der Waals surface area (Å²) < 4.78 is 0. The van der Waals surface area contributed by atoms with E-state index in [4.69, 9.17) is 0 Å². The number of carbonyl (C=O) groups excluding carboxylic acids is 1. The van der Waals surface area contributed by atoms with Gasteiger partial charge in [-0.3, -0.25) is 19.8 Å². The Balaban J connectivity index is 2.78. The zero-order valence-corrected chi connectivity index (χ0v) is 13.1. The van der Waals surface area contributed by atoms with E-state index in [0.29, 0.717) is 5.56 Å². The third-order valence-corrected chi connectivity index (χ3v) is 3.38. The van der Waals surface area contributed by atoms with Crippen LogP contribution in [0.5, 0.6) is 0 Å². The molecule has 0 fully saturated rings. The predicted octanol–water partition coefficient (Wildman–Crippen LogP) is 2.05. The molecule has 1 unspecified atom stereocenters. The van der Waals surface area contributed by atoms with Crippen LogP contribution < -0.4 is 0 Å². The van der Waals surface area contributed by atoms with Gasteiger partial charge in [-0.15, -0.1) is 0 Å². The maximum atomic E-state index is 12.3. The van der Waals surface area contributed by atoms with Crippen molar-refractivity contribution < 1.29 is 9.72 Å². The molecule has 0 aliphatic heterocycles. The summed E-state index contributed by atoms with van der Waals surface area (Å²) in [7, 11) is 3.99. The molecule has 0 N–H and O–H groups in total. The first-order chi connectivity index (χ1) is 9.85. The number of non-ortho nitro benzene ring substituents is 1. The Morgan fingerprint density at radius 2 is 2.05 bits per heavy atom. The number of nitro benzene ring substituents is 1. The third kappa shape index (κ3) is 5.24. The highest BCUT2D eigenvalue weighted by Crippen LogP contribution is 2.14. The van der Waals surface area contributed by atoms with Gasteiger partial charge < -0.3 is 4.90 Å². The number of likely N-dealkylation sites (N-methyl/N-ethyl adjacent to an activating group) is 2. The second kappa shape index (κ2) is 7.85. The summed E-state index contributed by atoms with van der Waals surface area (Å²) in [4.78, 5) is 26.7. The van der Waals surface area contributed by atoms with E-state index in [1.165, 1.54) is 12.1 Å². The number of hydrogen-bond donors (Lipinski definition) is 0. The summed E-state index contributed by atoms with van der Waals surface area (Å²) in [6.07, 6.45) is 0. The molecule has 0 heterocycles. The molecule has 116 valence electrons. The molecule has 6 heteroatoms. The Morgan fingerprint density at radius 1 is 1.38 bits per heavy atom. The van der Waals surface area contributed by atoms with E-state index in [2.05, 4.69) is 16.7 Å². The van der Waals surface area contributed by atoms with Crippen LogP contribution in [0.2, 0.25) is 0 Å². The Bertz CT molecular complexity index is 503. The van der Waals surface area contributed by atoms with Gasteiger partial charge in [0.2, 0.25) is 0 Å². The normalized spacial score (nSPS) is 12.7. The zero-order valence-electron chi connectivity index (χ0n) is 13.1. The lowest BCUT2D eigenvalue weighted by Gasteiger charge is -2.29. The van der Waals surface area contributed by atoms with E-state index in [0.717, 1.165) is 13.1 Å². The number of Topliss-reactive ketones (excluding diaryl/α,β-unsaturated/α-hetero) is 1. The fourth-order valence-electron chi connectivity index (χ4n) is 2.29. The SMILES string of the molecule is CCN(CC(=O)c1cccc([N+](=O)[O-])c1)C(C)CN(C)C. The molecule has 0 aliphatic rings. The maximum Gasteiger partial charge on any atom is 0.270 e.